The summed E-state index contributed by atoms with van der Waals surface area (Å²) in [6, 6.07) is 6.09. The van der Waals surface area contributed by atoms with E-state index in [0.29, 0.717) is 12.1 Å². The van der Waals surface area contributed by atoms with Crippen molar-refractivity contribution in [1.82, 2.24) is 4.90 Å². The summed E-state index contributed by atoms with van der Waals surface area (Å²) in [5.41, 5.74) is 1.75. The Hall–Kier alpha value is -2.04. The minimum absolute atomic E-state index is 0.368. The number of likely N-dealkylation sites (N-methyl/N-ethyl adjacent to an activating group) is 1. The lowest BCUT2D eigenvalue weighted by molar-refractivity contribution is -0.141. The topological polar surface area (TPSA) is 69.6 Å². The van der Waals surface area contributed by atoms with Crippen LogP contribution >= 0.6 is 0 Å². The van der Waals surface area contributed by atoms with Gasteiger partial charge in [0.2, 0.25) is 0 Å². The van der Waals surface area contributed by atoms with E-state index in [4.69, 9.17) is 5.11 Å². The van der Waals surface area contributed by atoms with Gasteiger partial charge in [0.15, 0.2) is 0 Å². The largest absolute Gasteiger partial charge is 0.480 e. The molecule has 1 atom stereocenters. The van der Waals surface area contributed by atoms with Crippen molar-refractivity contribution in [3.63, 3.8) is 0 Å². The van der Waals surface area contributed by atoms with Crippen LogP contribution in [0.3, 0.4) is 0 Å². The molecule has 0 fully saturated rings. The van der Waals surface area contributed by atoms with Crippen LogP contribution in [0.4, 0.5) is 10.5 Å². The van der Waals surface area contributed by atoms with Gasteiger partial charge in [-0.05, 0) is 25.5 Å². The number of carboxylic acid groups (broad SMARTS) is 1. The number of aliphatic carboxylic acids is 1. The fraction of sp³-hybridized carbons (Fsp3) is 0.385. The van der Waals surface area contributed by atoms with Crippen LogP contribution < -0.4 is 5.32 Å². The molecule has 98 valence electrons. The molecule has 2 N–H and O–H groups in total. The number of urea groups is 1. The highest BCUT2D eigenvalue weighted by Crippen LogP contribution is 2.11. The van der Waals surface area contributed by atoms with Crippen molar-refractivity contribution in [3.8, 4) is 0 Å². The van der Waals surface area contributed by atoms with Crippen LogP contribution in [-0.4, -0.2) is 35.1 Å². The van der Waals surface area contributed by atoms with E-state index in [1.807, 2.05) is 19.1 Å². The Balaban J connectivity index is 2.70. The zero-order valence-corrected chi connectivity index (χ0v) is 10.8. The van der Waals surface area contributed by atoms with Gasteiger partial charge in [-0.25, -0.2) is 9.59 Å². The van der Waals surface area contributed by atoms with Crippen LogP contribution in [-0.2, 0) is 4.79 Å². The first-order valence-electron chi connectivity index (χ1n) is 5.79. The van der Waals surface area contributed by atoms with Crippen LogP contribution in [0, 0.1) is 6.92 Å². The molecule has 0 aliphatic heterocycles. The highest BCUT2D eigenvalue weighted by Gasteiger charge is 2.24. The predicted molar refractivity (Wildman–Crippen MR) is 69.7 cm³/mol. The zero-order chi connectivity index (χ0) is 13.7. The minimum atomic E-state index is -1.00. The molecule has 0 aliphatic rings. The van der Waals surface area contributed by atoms with Crippen LogP contribution in [0.15, 0.2) is 24.3 Å². The monoisotopic (exact) mass is 250 g/mol. The minimum Gasteiger partial charge on any atom is -0.480 e. The summed E-state index contributed by atoms with van der Waals surface area (Å²) in [6.45, 7) is 3.68. The summed E-state index contributed by atoms with van der Waals surface area (Å²) in [7, 11) is 1.48. The van der Waals surface area contributed by atoms with Crippen LogP contribution in [0.5, 0.6) is 0 Å². The highest BCUT2D eigenvalue weighted by atomic mass is 16.4. The molecule has 0 spiro atoms. The maximum absolute atomic E-state index is 11.9. The summed E-state index contributed by atoms with van der Waals surface area (Å²) in [6.07, 6.45) is 0.368. The number of carbonyl (C=O) groups is 2. The second-order valence-electron chi connectivity index (χ2n) is 4.17. The number of hydrogen-bond acceptors (Lipinski definition) is 2. The van der Waals surface area contributed by atoms with E-state index in [1.165, 1.54) is 11.9 Å². The Bertz CT molecular complexity index is 428. The van der Waals surface area contributed by atoms with Crippen molar-refractivity contribution in [2.45, 2.75) is 26.3 Å². The quantitative estimate of drug-likeness (QED) is 0.861. The molecule has 1 rings (SSSR count). The molecule has 1 unspecified atom stereocenters. The van der Waals surface area contributed by atoms with Crippen molar-refractivity contribution < 1.29 is 14.7 Å². The Morgan fingerprint density at radius 1 is 1.33 bits per heavy atom. The Morgan fingerprint density at radius 3 is 2.33 bits per heavy atom. The van der Waals surface area contributed by atoms with Gasteiger partial charge in [-0.3, -0.25) is 0 Å². The van der Waals surface area contributed by atoms with E-state index in [1.54, 1.807) is 19.1 Å². The lowest BCUT2D eigenvalue weighted by Crippen LogP contribution is -2.44. The summed E-state index contributed by atoms with van der Waals surface area (Å²) in [5, 5.41) is 11.6. The molecule has 0 aliphatic carbocycles. The smallest absolute Gasteiger partial charge is 0.326 e. The Morgan fingerprint density at radius 2 is 1.89 bits per heavy atom. The molecule has 0 heterocycles. The number of amides is 2. The lowest BCUT2D eigenvalue weighted by atomic mass is 10.2. The van der Waals surface area contributed by atoms with Gasteiger partial charge >= 0.3 is 12.0 Å². The second kappa shape index (κ2) is 6.05. The summed E-state index contributed by atoms with van der Waals surface area (Å²) >= 11 is 0. The maximum Gasteiger partial charge on any atom is 0.326 e. The standard InChI is InChI=1S/C13H18N2O3/c1-4-11(12(16)17)15(3)13(18)14-10-7-5-9(2)6-8-10/h5-8,11H,4H2,1-3H3,(H,14,18)(H,16,17). The Kier molecular flexibility index (Phi) is 4.71. The predicted octanol–water partition coefficient (Wildman–Crippen LogP) is 2.32. The normalized spacial score (nSPS) is 11.7. The van der Waals surface area contributed by atoms with Crippen molar-refractivity contribution in [3.05, 3.63) is 29.8 Å². The van der Waals surface area contributed by atoms with Gasteiger partial charge < -0.3 is 15.3 Å². The number of anilines is 1. The fourth-order valence-corrected chi connectivity index (χ4v) is 1.60. The molecule has 5 nitrogen and oxygen atoms in total. The number of nitrogens with zero attached hydrogens (tertiary/aromatic N) is 1. The van der Waals surface area contributed by atoms with Gasteiger partial charge in [0, 0.05) is 12.7 Å². The number of benzene rings is 1. The molecule has 1 aromatic carbocycles. The highest BCUT2D eigenvalue weighted by molar-refractivity contribution is 5.92. The number of carboxylic acids is 1. The number of nitrogens with one attached hydrogen (secondary N) is 1. The molecule has 5 heteroatoms. The molecule has 0 saturated heterocycles. The third-order valence-corrected chi connectivity index (χ3v) is 2.76. The lowest BCUT2D eigenvalue weighted by Gasteiger charge is -2.24. The van der Waals surface area contributed by atoms with Crippen molar-refractivity contribution in [2.75, 3.05) is 12.4 Å². The van der Waals surface area contributed by atoms with E-state index < -0.39 is 18.0 Å². The average Bonchev–Trinajstić information content (AvgIpc) is 2.32. The van der Waals surface area contributed by atoms with E-state index in [9.17, 15) is 9.59 Å². The first-order valence-corrected chi connectivity index (χ1v) is 5.79. The van der Waals surface area contributed by atoms with Gasteiger partial charge in [-0.1, -0.05) is 24.6 Å². The van der Waals surface area contributed by atoms with Crippen molar-refractivity contribution in [2.24, 2.45) is 0 Å². The second-order valence-corrected chi connectivity index (χ2v) is 4.17. The molecule has 0 aromatic heterocycles. The third kappa shape index (κ3) is 3.48. The number of carbonyl (C=O) groups excluding carboxylic acids is 1. The summed E-state index contributed by atoms with van der Waals surface area (Å²) in [5.74, 6) is -1.00. The SMILES string of the molecule is CCC(C(=O)O)N(C)C(=O)Nc1ccc(C)cc1. The summed E-state index contributed by atoms with van der Waals surface area (Å²) < 4.78 is 0. The van der Waals surface area contributed by atoms with Gasteiger partial charge in [0.05, 0.1) is 0 Å². The van der Waals surface area contributed by atoms with Crippen molar-refractivity contribution in [1.29, 1.82) is 0 Å². The van der Waals surface area contributed by atoms with Crippen LogP contribution in [0.1, 0.15) is 18.9 Å². The Labute approximate surface area is 106 Å². The first-order chi connectivity index (χ1) is 8.45. The summed E-state index contributed by atoms with van der Waals surface area (Å²) in [4.78, 5) is 24.0. The van der Waals surface area contributed by atoms with Crippen LogP contribution in [0.2, 0.25) is 0 Å². The molecule has 0 saturated carbocycles. The van der Waals surface area contributed by atoms with E-state index in [-0.39, 0.29) is 0 Å². The van der Waals surface area contributed by atoms with Gasteiger partial charge in [-0.2, -0.15) is 0 Å². The van der Waals surface area contributed by atoms with E-state index in [0.717, 1.165) is 5.56 Å². The van der Waals surface area contributed by atoms with Gasteiger partial charge in [0.25, 0.3) is 0 Å². The molecular formula is C13H18N2O3. The maximum atomic E-state index is 11.9. The fourth-order valence-electron chi connectivity index (χ4n) is 1.60. The number of hydrogen-bond donors (Lipinski definition) is 2. The van der Waals surface area contributed by atoms with E-state index >= 15 is 0 Å². The third-order valence-electron chi connectivity index (χ3n) is 2.76. The van der Waals surface area contributed by atoms with Crippen LogP contribution in [0.25, 0.3) is 0 Å². The van der Waals surface area contributed by atoms with E-state index in [2.05, 4.69) is 5.32 Å². The number of aryl methyl sites for hydroxylation is 1. The molecular weight excluding hydrogens is 232 g/mol. The molecule has 2 amide bonds. The van der Waals surface area contributed by atoms with Gasteiger partial charge in [-0.15, -0.1) is 0 Å². The molecule has 18 heavy (non-hydrogen) atoms. The molecule has 0 radical (unpaired) electrons. The molecule has 1 aromatic rings. The molecule has 0 bridgehead atoms. The first kappa shape index (κ1) is 14.0. The number of rotatable bonds is 4. The van der Waals surface area contributed by atoms with Gasteiger partial charge in [0.1, 0.15) is 6.04 Å². The zero-order valence-electron chi connectivity index (χ0n) is 10.8. The average molecular weight is 250 g/mol. The van der Waals surface area contributed by atoms with Crippen molar-refractivity contribution >= 4 is 17.7 Å².